The molecule has 0 aromatic heterocycles. The molecule has 80 valence electrons. The summed E-state index contributed by atoms with van der Waals surface area (Å²) >= 11 is 0. The molecule has 0 radical (unpaired) electrons. The SMILES string of the molecule is CC(C)c1ccc(O)c2c1CCC(=O)N2. The molecule has 15 heavy (non-hydrogen) atoms. The summed E-state index contributed by atoms with van der Waals surface area (Å²) in [7, 11) is 0. The maximum atomic E-state index is 11.2. The number of benzene rings is 1. The molecule has 0 aliphatic carbocycles. The van der Waals surface area contributed by atoms with Gasteiger partial charge in [0.1, 0.15) is 5.75 Å². The largest absolute Gasteiger partial charge is 0.506 e. The molecule has 3 heteroatoms. The number of carbonyl (C=O) groups excluding carboxylic acids is 1. The molecule has 1 aliphatic heterocycles. The Morgan fingerprint density at radius 2 is 2.07 bits per heavy atom. The number of phenolic OH excluding ortho intramolecular Hbond substituents is 1. The average molecular weight is 205 g/mol. The lowest BCUT2D eigenvalue weighted by Gasteiger charge is -2.22. The van der Waals surface area contributed by atoms with Gasteiger partial charge in [-0.15, -0.1) is 0 Å². The summed E-state index contributed by atoms with van der Waals surface area (Å²) in [5, 5.41) is 12.4. The van der Waals surface area contributed by atoms with Gasteiger partial charge in [0.15, 0.2) is 0 Å². The summed E-state index contributed by atoms with van der Waals surface area (Å²) in [5.41, 5.74) is 2.91. The Morgan fingerprint density at radius 1 is 1.33 bits per heavy atom. The van der Waals surface area contributed by atoms with Gasteiger partial charge in [0.2, 0.25) is 5.91 Å². The van der Waals surface area contributed by atoms with Crippen molar-refractivity contribution in [1.82, 2.24) is 0 Å². The number of carbonyl (C=O) groups is 1. The van der Waals surface area contributed by atoms with Crippen LogP contribution in [0.25, 0.3) is 0 Å². The third-order valence-electron chi connectivity index (χ3n) is 2.82. The predicted octanol–water partition coefficient (Wildman–Crippen LogP) is 2.40. The first-order valence-corrected chi connectivity index (χ1v) is 5.24. The summed E-state index contributed by atoms with van der Waals surface area (Å²) in [6.07, 6.45) is 1.24. The molecule has 1 amide bonds. The Morgan fingerprint density at radius 3 is 2.73 bits per heavy atom. The van der Waals surface area contributed by atoms with Gasteiger partial charge in [0, 0.05) is 6.42 Å². The number of amides is 1. The van der Waals surface area contributed by atoms with Gasteiger partial charge in [-0.05, 0) is 29.5 Å². The molecule has 0 bridgehead atoms. The van der Waals surface area contributed by atoms with Gasteiger partial charge in [-0.3, -0.25) is 4.79 Å². The third kappa shape index (κ3) is 1.69. The van der Waals surface area contributed by atoms with Gasteiger partial charge in [0.05, 0.1) is 5.69 Å². The predicted molar refractivity (Wildman–Crippen MR) is 59.1 cm³/mol. The molecule has 2 N–H and O–H groups in total. The molecule has 0 unspecified atom stereocenters. The first-order valence-electron chi connectivity index (χ1n) is 5.24. The molecule has 1 aromatic rings. The highest BCUT2D eigenvalue weighted by atomic mass is 16.3. The summed E-state index contributed by atoms with van der Waals surface area (Å²) in [5.74, 6) is 0.565. The van der Waals surface area contributed by atoms with Crippen LogP contribution < -0.4 is 5.32 Å². The topological polar surface area (TPSA) is 49.3 Å². The lowest BCUT2D eigenvalue weighted by atomic mass is 9.90. The van der Waals surface area contributed by atoms with Gasteiger partial charge in [0.25, 0.3) is 0 Å². The summed E-state index contributed by atoms with van der Waals surface area (Å²) < 4.78 is 0. The summed E-state index contributed by atoms with van der Waals surface area (Å²) in [6.45, 7) is 4.23. The van der Waals surface area contributed by atoms with Crippen molar-refractivity contribution in [3.05, 3.63) is 23.3 Å². The Kier molecular flexibility index (Phi) is 2.39. The molecule has 0 atom stereocenters. The molecule has 1 heterocycles. The van der Waals surface area contributed by atoms with Crippen LogP contribution in [0.15, 0.2) is 12.1 Å². The van der Waals surface area contributed by atoms with Crippen LogP contribution in [-0.4, -0.2) is 11.0 Å². The second kappa shape index (κ2) is 3.57. The quantitative estimate of drug-likeness (QED) is 0.692. The van der Waals surface area contributed by atoms with Crippen molar-refractivity contribution in [1.29, 1.82) is 0 Å². The van der Waals surface area contributed by atoms with E-state index >= 15 is 0 Å². The second-order valence-electron chi connectivity index (χ2n) is 4.23. The van der Waals surface area contributed by atoms with E-state index in [-0.39, 0.29) is 11.7 Å². The standard InChI is InChI=1S/C12H15NO2/c1-7(2)8-3-5-10(14)12-9(8)4-6-11(15)13-12/h3,5,7,14H,4,6H2,1-2H3,(H,13,15). The number of phenols is 1. The highest BCUT2D eigenvalue weighted by Crippen LogP contribution is 2.36. The zero-order valence-electron chi connectivity index (χ0n) is 9.00. The molecule has 0 saturated carbocycles. The van der Waals surface area contributed by atoms with E-state index < -0.39 is 0 Å². The van der Waals surface area contributed by atoms with Gasteiger partial charge in [-0.25, -0.2) is 0 Å². The first kappa shape index (κ1) is 10.0. The minimum absolute atomic E-state index is 0.0151. The molecule has 3 nitrogen and oxygen atoms in total. The minimum Gasteiger partial charge on any atom is -0.506 e. The van der Waals surface area contributed by atoms with Crippen LogP contribution >= 0.6 is 0 Å². The molecule has 1 aromatic carbocycles. The van der Waals surface area contributed by atoms with Gasteiger partial charge < -0.3 is 10.4 Å². The van der Waals surface area contributed by atoms with E-state index in [1.807, 2.05) is 6.07 Å². The van der Waals surface area contributed by atoms with E-state index in [0.717, 1.165) is 12.0 Å². The Balaban J connectivity index is 2.55. The van der Waals surface area contributed by atoms with E-state index in [1.54, 1.807) is 6.07 Å². The Hall–Kier alpha value is -1.51. The normalized spacial score (nSPS) is 15.0. The van der Waals surface area contributed by atoms with Crippen LogP contribution in [0.4, 0.5) is 5.69 Å². The number of hydrogen-bond acceptors (Lipinski definition) is 2. The van der Waals surface area contributed by atoms with Crippen molar-refractivity contribution in [3.63, 3.8) is 0 Å². The van der Waals surface area contributed by atoms with E-state index in [0.29, 0.717) is 18.0 Å². The van der Waals surface area contributed by atoms with Crippen LogP contribution in [-0.2, 0) is 11.2 Å². The van der Waals surface area contributed by atoms with Crippen LogP contribution in [0.1, 0.15) is 37.3 Å². The van der Waals surface area contributed by atoms with Gasteiger partial charge in [-0.1, -0.05) is 19.9 Å². The third-order valence-corrected chi connectivity index (χ3v) is 2.82. The number of rotatable bonds is 1. The van der Waals surface area contributed by atoms with Crippen molar-refractivity contribution in [3.8, 4) is 5.75 Å². The lowest BCUT2D eigenvalue weighted by Crippen LogP contribution is -2.20. The van der Waals surface area contributed by atoms with Crippen LogP contribution in [0.2, 0.25) is 0 Å². The van der Waals surface area contributed by atoms with Crippen LogP contribution in [0, 0.1) is 0 Å². The number of aromatic hydroxyl groups is 1. The van der Waals surface area contributed by atoms with Crippen LogP contribution in [0.5, 0.6) is 5.75 Å². The van der Waals surface area contributed by atoms with Gasteiger partial charge >= 0.3 is 0 Å². The van der Waals surface area contributed by atoms with Gasteiger partial charge in [-0.2, -0.15) is 0 Å². The lowest BCUT2D eigenvalue weighted by molar-refractivity contribution is -0.116. The van der Waals surface area contributed by atoms with E-state index in [4.69, 9.17) is 0 Å². The zero-order chi connectivity index (χ0) is 11.0. The number of hydrogen-bond donors (Lipinski definition) is 2. The molecule has 0 spiro atoms. The highest BCUT2D eigenvalue weighted by molar-refractivity contribution is 5.96. The minimum atomic E-state index is -0.0151. The molecular formula is C12H15NO2. The second-order valence-corrected chi connectivity index (χ2v) is 4.23. The maximum absolute atomic E-state index is 11.2. The summed E-state index contributed by atoms with van der Waals surface area (Å²) in [6, 6.07) is 3.59. The monoisotopic (exact) mass is 205 g/mol. The number of nitrogens with one attached hydrogen (secondary N) is 1. The highest BCUT2D eigenvalue weighted by Gasteiger charge is 2.21. The molecule has 1 aliphatic rings. The Bertz CT molecular complexity index is 410. The molecule has 0 fully saturated rings. The van der Waals surface area contributed by atoms with Crippen molar-refractivity contribution >= 4 is 11.6 Å². The smallest absolute Gasteiger partial charge is 0.224 e. The zero-order valence-corrected chi connectivity index (χ0v) is 9.00. The van der Waals surface area contributed by atoms with Crippen LogP contribution in [0.3, 0.4) is 0 Å². The number of anilines is 1. The summed E-state index contributed by atoms with van der Waals surface area (Å²) in [4.78, 5) is 11.2. The molecule has 0 saturated heterocycles. The van der Waals surface area contributed by atoms with Crippen molar-refractivity contribution in [2.45, 2.75) is 32.6 Å². The fraction of sp³-hybridized carbons (Fsp3) is 0.417. The first-order chi connectivity index (χ1) is 7.09. The maximum Gasteiger partial charge on any atom is 0.224 e. The fourth-order valence-corrected chi connectivity index (χ4v) is 2.04. The van der Waals surface area contributed by atoms with E-state index in [1.165, 1.54) is 5.56 Å². The molecular weight excluding hydrogens is 190 g/mol. The fourth-order valence-electron chi connectivity index (χ4n) is 2.04. The van der Waals surface area contributed by atoms with E-state index in [9.17, 15) is 9.90 Å². The average Bonchev–Trinajstić information content (AvgIpc) is 2.19. The van der Waals surface area contributed by atoms with E-state index in [2.05, 4.69) is 19.2 Å². The van der Waals surface area contributed by atoms with Crippen molar-refractivity contribution in [2.24, 2.45) is 0 Å². The molecule has 2 rings (SSSR count). The van der Waals surface area contributed by atoms with Crippen molar-refractivity contribution < 1.29 is 9.90 Å². The Labute approximate surface area is 89.1 Å². The van der Waals surface area contributed by atoms with Crippen molar-refractivity contribution in [2.75, 3.05) is 5.32 Å². The number of fused-ring (bicyclic) bond motifs is 1.